The van der Waals surface area contributed by atoms with E-state index in [0.717, 1.165) is 11.1 Å². The van der Waals surface area contributed by atoms with Crippen LogP contribution in [0, 0.1) is 6.92 Å². The van der Waals surface area contributed by atoms with Crippen LogP contribution >= 0.6 is 0 Å². The molecule has 0 spiro atoms. The number of carbonyl (C=O) groups excluding carboxylic acids is 1. The average molecular weight is 347 g/mol. The third kappa shape index (κ3) is 2.71. The van der Waals surface area contributed by atoms with Crippen molar-refractivity contribution in [2.45, 2.75) is 31.4 Å². The van der Waals surface area contributed by atoms with Gasteiger partial charge in [0.2, 0.25) is 0 Å². The normalized spacial score (nSPS) is 18.7. The van der Waals surface area contributed by atoms with E-state index in [-0.39, 0.29) is 12.1 Å². The van der Waals surface area contributed by atoms with Crippen LogP contribution in [0.25, 0.3) is 0 Å². The predicted molar refractivity (Wildman–Crippen MR) is 98.5 cm³/mol. The molecule has 0 N–H and O–H groups in total. The number of hydrogen-bond acceptors (Lipinski definition) is 2. The zero-order valence-electron chi connectivity index (χ0n) is 15.1. The van der Waals surface area contributed by atoms with Crippen LogP contribution in [-0.4, -0.2) is 16.8 Å². The summed E-state index contributed by atoms with van der Waals surface area (Å²) in [5.74, 6) is -0.161. The van der Waals surface area contributed by atoms with Crippen LogP contribution in [-0.2, 0) is 28.5 Å². The van der Waals surface area contributed by atoms with Crippen molar-refractivity contribution in [3.8, 4) is 0 Å². The fraction of sp³-hybridized carbons (Fsp3) is 0.273. The number of benzene rings is 2. The summed E-state index contributed by atoms with van der Waals surface area (Å²) in [5.41, 5.74) is 2.43. The van der Waals surface area contributed by atoms with Gasteiger partial charge in [0.25, 0.3) is 0 Å². The predicted octanol–water partition coefficient (Wildman–Crippen LogP) is 2.92. The first-order valence-electron chi connectivity index (χ1n) is 8.94. The first-order chi connectivity index (χ1) is 12.6. The summed E-state index contributed by atoms with van der Waals surface area (Å²) in [4.78, 5) is 13.1. The molecule has 3 aromatic rings. The van der Waals surface area contributed by atoms with Gasteiger partial charge in [0.05, 0.1) is 6.20 Å². The second-order valence-corrected chi connectivity index (χ2v) is 7.07. The standard InChI is InChI=1S/C22H23N2O2/c1-17-14-23(2)24(15-17)16-20-13-22(21(25)26-20,18-9-5-3-6-10-18)19-11-7-4-8-12-19/h3-12,14-15,20H,13,16H2,1-2H3/q+1. The largest absolute Gasteiger partial charge is 0.459 e. The maximum Gasteiger partial charge on any atom is 0.321 e. The molecule has 0 saturated carbocycles. The molecule has 2 heterocycles. The molecule has 1 unspecified atom stereocenters. The van der Waals surface area contributed by atoms with Gasteiger partial charge in [0.1, 0.15) is 18.1 Å². The molecule has 0 radical (unpaired) electrons. The van der Waals surface area contributed by atoms with Gasteiger partial charge in [-0.05, 0) is 18.1 Å². The number of hydrogen-bond donors (Lipinski definition) is 0. The van der Waals surface area contributed by atoms with Gasteiger partial charge in [0.15, 0.2) is 13.2 Å². The molecule has 4 rings (SSSR count). The molecule has 1 aromatic heterocycles. The van der Waals surface area contributed by atoms with Gasteiger partial charge in [-0.1, -0.05) is 60.7 Å². The number of cyclic esters (lactones) is 1. The Morgan fingerprint density at radius 3 is 2.15 bits per heavy atom. The second kappa shape index (κ2) is 6.45. The van der Waals surface area contributed by atoms with Crippen LogP contribution < -0.4 is 4.68 Å². The molecule has 0 amide bonds. The van der Waals surface area contributed by atoms with Gasteiger partial charge in [0, 0.05) is 12.0 Å². The van der Waals surface area contributed by atoms with Gasteiger partial charge in [-0.3, -0.25) is 4.79 Å². The number of esters is 1. The van der Waals surface area contributed by atoms with Gasteiger partial charge in [-0.2, -0.15) is 4.68 Å². The van der Waals surface area contributed by atoms with Gasteiger partial charge >= 0.3 is 5.97 Å². The van der Waals surface area contributed by atoms with E-state index in [1.807, 2.05) is 72.4 Å². The van der Waals surface area contributed by atoms with Crippen molar-refractivity contribution >= 4 is 5.97 Å². The first kappa shape index (κ1) is 16.6. The minimum atomic E-state index is -0.742. The van der Waals surface area contributed by atoms with Crippen LogP contribution in [0.3, 0.4) is 0 Å². The highest BCUT2D eigenvalue weighted by atomic mass is 16.6. The lowest BCUT2D eigenvalue weighted by Gasteiger charge is -2.26. The van der Waals surface area contributed by atoms with Crippen LogP contribution in [0.2, 0.25) is 0 Å². The molecular weight excluding hydrogens is 324 g/mol. The number of nitrogens with zero attached hydrogens (tertiary/aromatic N) is 2. The average Bonchev–Trinajstić information content (AvgIpc) is 3.15. The topological polar surface area (TPSA) is 35.1 Å². The lowest BCUT2D eigenvalue weighted by atomic mass is 9.72. The summed E-state index contributed by atoms with van der Waals surface area (Å²) in [5, 5.41) is 0. The van der Waals surface area contributed by atoms with E-state index in [1.54, 1.807) is 0 Å². The summed E-state index contributed by atoms with van der Waals surface area (Å²) in [6.45, 7) is 2.72. The molecule has 1 fully saturated rings. The highest BCUT2D eigenvalue weighted by Crippen LogP contribution is 2.43. The zero-order valence-corrected chi connectivity index (χ0v) is 15.1. The van der Waals surface area contributed by atoms with Crippen molar-refractivity contribution < 1.29 is 14.2 Å². The molecular formula is C22H23N2O2+. The third-order valence-corrected chi connectivity index (χ3v) is 5.23. The number of carbonyl (C=O) groups is 1. The Labute approximate surface area is 153 Å². The van der Waals surface area contributed by atoms with Crippen molar-refractivity contribution in [2.75, 3.05) is 0 Å². The molecule has 4 nitrogen and oxygen atoms in total. The Morgan fingerprint density at radius 2 is 1.65 bits per heavy atom. The van der Waals surface area contributed by atoms with E-state index in [2.05, 4.69) is 24.0 Å². The van der Waals surface area contributed by atoms with Crippen molar-refractivity contribution in [1.82, 2.24) is 4.68 Å². The lowest BCUT2D eigenvalue weighted by molar-refractivity contribution is -0.754. The van der Waals surface area contributed by atoms with Gasteiger partial charge in [-0.15, -0.1) is 4.68 Å². The van der Waals surface area contributed by atoms with Crippen LogP contribution in [0.1, 0.15) is 23.1 Å². The fourth-order valence-electron chi connectivity index (χ4n) is 4.02. The van der Waals surface area contributed by atoms with Crippen LogP contribution in [0.4, 0.5) is 0 Å². The monoisotopic (exact) mass is 347 g/mol. The molecule has 1 aliphatic heterocycles. The quantitative estimate of drug-likeness (QED) is 0.537. The van der Waals surface area contributed by atoms with Gasteiger partial charge in [-0.25, -0.2) is 0 Å². The fourth-order valence-corrected chi connectivity index (χ4v) is 4.02. The van der Waals surface area contributed by atoms with Crippen LogP contribution in [0.5, 0.6) is 0 Å². The maximum absolute atomic E-state index is 13.1. The SMILES string of the molecule is Cc1cn(CC2CC(c3ccccc3)(c3ccccc3)C(=O)O2)[n+](C)c1. The molecule has 2 aromatic carbocycles. The number of aryl methyl sites for hydroxylation is 2. The number of rotatable bonds is 4. The Hall–Kier alpha value is -2.88. The molecule has 1 atom stereocenters. The van der Waals surface area contributed by atoms with Crippen molar-refractivity contribution in [3.05, 3.63) is 89.7 Å². The molecule has 132 valence electrons. The zero-order chi connectivity index (χ0) is 18.1. The summed E-state index contributed by atoms with van der Waals surface area (Å²) in [6, 6.07) is 20.0. The van der Waals surface area contributed by atoms with E-state index in [1.165, 1.54) is 5.56 Å². The Morgan fingerprint density at radius 1 is 1.08 bits per heavy atom. The van der Waals surface area contributed by atoms with Crippen molar-refractivity contribution in [3.63, 3.8) is 0 Å². The summed E-state index contributed by atoms with van der Waals surface area (Å²) in [7, 11) is 2.01. The van der Waals surface area contributed by atoms with E-state index in [9.17, 15) is 4.79 Å². The Kier molecular flexibility index (Phi) is 4.11. The van der Waals surface area contributed by atoms with E-state index in [4.69, 9.17) is 4.74 Å². The van der Waals surface area contributed by atoms with E-state index < -0.39 is 5.41 Å². The Bertz CT molecular complexity index is 876. The first-order valence-corrected chi connectivity index (χ1v) is 8.94. The van der Waals surface area contributed by atoms with E-state index >= 15 is 0 Å². The highest BCUT2D eigenvalue weighted by Gasteiger charge is 2.52. The van der Waals surface area contributed by atoms with Gasteiger partial charge < -0.3 is 4.74 Å². The minimum Gasteiger partial charge on any atom is -0.459 e. The molecule has 1 saturated heterocycles. The molecule has 1 aliphatic rings. The molecule has 0 aliphatic carbocycles. The van der Waals surface area contributed by atoms with E-state index in [0.29, 0.717) is 13.0 Å². The maximum atomic E-state index is 13.1. The summed E-state index contributed by atoms with van der Waals surface area (Å²) in [6.07, 6.45) is 4.62. The second-order valence-electron chi connectivity index (χ2n) is 7.07. The summed E-state index contributed by atoms with van der Waals surface area (Å²) >= 11 is 0. The van der Waals surface area contributed by atoms with Crippen molar-refractivity contribution in [1.29, 1.82) is 0 Å². The summed E-state index contributed by atoms with van der Waals surface area (Å²) < 4.78 is 10.0. The Balaban J connectivity index is 1.73. The third-order valence-electron chi connectivity index (χ3n) is 5.23. The number of aromatic nitrogens is 2. The molecule has 4 heteroatoms. The minimum absolute atomic E-state index is 0.161. The molecule has 26 heavy (non-hydrogen) atoms. The highest BCUT2D eigenvalue weighted by molar-refractivity contribution is 5.89. The lowest BCUT2D eigenvalue weighted by Crippen LogP contribution is -2.40. The number of ether oxygens (including phenoxy) is 1. The smallest absolute Gasteiger partial charge is 0.321 e. The molecule has 0 bridgehead atoms. The van der Waals surface area contributed by atoms with Crippen molar-refractivity contribution in [2.24, 2.45) is 7.05 Å². The van der Waals surface area contributed by atoms with Crippen LogP contribution in [0.15, 0.2) is 73.1 Å².